The lowest BCUT2D eigenvalue weighted by Crippen LogP contribution is -2.66. The standard InChI is InChI=1S/C30H38O4/c1-17-9-7-11-27(5)15-29(23(13-21(17)27)19(3)25(31)33-29)30-16-28(6)12-8-10-18(2)22(28)14-24(30)20(4)26(32)34-30/h21-22H,1-2,7-16H2,3-6H3/t21-,22-,27-,28-,29-,30-/m1/s1. The van der Waals surface area contributed by atoms with Crippen LogP contribution < -0.4 is 0 Å². The summed E-state index contributed by atoms with van der Waals surface area (Å²) in [7, 11) is 0. The van der Waals surface area contributed by atoms with Crippen LogP contribution in [0.5, 0.6) is 0 Å². The quantitative estimate of drug-likeness (QED) is 0.329. The summed E-state index contributed by atoms with van der Waals surface area (Å²) in [4.78, 5) is 26.5. The van der Waals surface area contributed by atoms with Gasteiger partial charge in [0.2, 0.25) is 0 Å². The van der Waals surface area contributed by atoms with Gasteiger partial charge in [-0.05, 0) is 99.0 Å². The van der Waals surface area contributed by atoms with Gasteiger partial charge in [0.15, 0.2) is 11.2 Å². The van der Waals surface area contributed by atoms with E-state index < -0.39 is 11.2 Å². The summed E-state index contributed by atoms with van der Waals surface area (Å²) in [5.74, 6) is 0.213. The van der Waals surface area contributed by atoms with Crippen LogP contribution in [0.2, 0.25) is 0 Å². The van der Waals surface area contributed by atoms with Crippen molar-refractivity contribution in [1.82, 2.24) is 0 Å². The third-order valence-corrected chi connectivity index (χ3v) is 11.0. The molecule has 2 aliphatic heterocycles. The molecule has 2 heterocycles. The van der Waals surface area contributed by atoms with Crippen molar-refractivity contribution in [2.24, 2.45) is 22.7 Å². The summed E-state index contributed by atoms with van der Waals surface area (Å²) in [6.07, 6.45) is 9.48. The van der Waals surface area contributed by atoms with E-state index in [-0.39, 0.29) is 22.8 Å². The van der Waals surface area contributed by atoms with Crippen LogP contribution in [-0.2, 0) is 19.1 Å². The topological polar surface area (TPSA) is 52.6 Å². The van der Waals surface area contributed by atoms with Crippen molar-refractivity contribution in [3.05, 3.63) is 46.6 Å². The Labute approximate surface area is 203 Å². The molecular formula is C30H38O4. The summed E-state index contributed by atoms with van der Waals surface area (Å²) >= 11 is 0. The first-order valence-corrected chi connectivity index (χ1v) is 13.2. The maximum absolute atomic E-state index is 13.3. The van der Waals surface area contributed by atoms with Crippen LogP contribution in [0, 0.1) is 22.7 Å². The van der Waals surface area contributed by atoms with Crippen molar-refractivity contribution < 1.29 is 19.1 Å². The van der Waals surface area contributed by atoms with E-state index in [2.05, 4.69) is 27.0 Å². The van der Waals surface area contributed by atoms with Crippen LogP contribution >= 0.6 is 0 Å². The Morgan fingerprint density at radius 1 is 0.735 bits per heavy atom. The average Bonchev–Trinajstić information content (AvgIpc) is 3.16. The molecule has 4 nitrogen and oxygen atoms in total. The summed E-state index contributed by atoms with van der Waals surface area (Å²) in [5, 5.41) is 0. The molecule has 0 aromatic carbocycles. The predicted molar refractivity (Wildman–Crippen MR) is 131 cm³/mol. The molecule has 0 aromatic heterocycles. The predicted octanol–water partition coefficient (Wildman–Crippen LogP) is 6.52. The van der Waals surface area contributed by atoms with Gasteiger partial charge in [-0.15, -0.1) is 0 Å². The summed E-state index contributed by atoms with van der Waals surface area (Å²) in [6, 6.07) is 0. The van der Waals surface area contributed by atoms with Gasteiger partial charge in [-0.2, -0.15) is 0 Å². The van der Waals surface area contributed by atoms with E-state index in [1.54, 1.807) is 0 Å². The molecule has 4 aliphatic carbocycles. The normalized spacial score (nSPS) is 46.0. The number of hydrogen-bond acceptors (Lipinski definition) is 4. The van der Waals surface area contributed by atoms with Gasteiger partial charge in [0, 0.05) is 24.0 Å². The zero-order valence-corrected chi connectivity index (χ0v) is 21.3. The highest BCUT2D eigenvalue weighted by Gasteiger charge is 2.74. The highest BCUT2D eigenvalue weighted by Crippen LogP contribution is 2.70. The van der Waals surface area contributed by atoms with Gasteiger partial charge in [0.05, 0.1) is 0 Å². The molecule has 0 N–H and O–H groups in total. The fraction of sp³-hybridized carbons (Fsp3) is 0.667. The van der Waals surface area contributed by atoms with Crippen LogP contribution in [-0.4, -0.2) is 23.1 Å². The lowest BCUT2D eigenvalue weighted by molar-refractivity contribution is -0.209. The maximum Gasteiger partial charge on any atom is 0.334 e. The summed E-state index contributed by atoms with van der Waals surface area (Å²) in [6.45, 7) is 17.4. The zero-order chi connectivity index (χ0) is 24.3. The van der Waals surface area contributed by atoms with Crippen molar-refractivity contribution in [3.63, 3.8) is 0 Å². The third kappa shape index (κ3) is 2.55. The van der Waals surface area contributed by atoms with Gasteiger partial charge in [0.1, 0.15) is 0 Å². The fourth-order valence-electron chi connectivity index (χ4n) is 9.18. The first kappa shape index (κ1) is 22.4. The van der Waals surface area contributed by atoms with Crippen molar-refractivity contribution in [3.8, 4) is 0 Å². The van der Waals surface area contributed by atoms with Crippen molar-refractivity contribution in [2.45, 2.75) is 103 Å². The lowest BCUT2D eigenvalue weighted by Gasteiger charge is -2.61. The second kappa shape index (κ2) is 6.77. The molecule has 4 fully saturated rings. The Balaban J connectivity index is 1.57. The Kier molecular flexibility index (Phi) is 4.45. The van der Waals surface area contributed by atoms with Crippen LogP contribution in [0.4, 0.5) is 0 Å². The Bertz CT molecular complexity index is 1030. The average molecular weight is 463 g/mol. The third-order valence-electron chi connectivity index (χ3n) is 11.0. The second-order valence-corrected chi connectivity index (χ2v) is 12.8. The fourth-order valence-corrected chi connectivity index (χ4v) is 9.18. The minimum Gasteiger partial charge on any atom is -0.446 e. The van der Waals surface area contributed by atoms with E-state index in [0.29, 0.717) is 24.7 Å². The summed E-state index contributed by atoms with van der Waals surface area (Å²) < 4.78 is 13.1. The van der Waals surface area contributed by atoms with E-state index in [4.69, 9.17) is 9.47 Å². The maximum atomic E-state index is 13.3. The lowest BCUT2D eigenvalue weighted by atomic mass is 9.46. The number of fused-ring (bicyclic) bond motifs is 5. The SMILES string of the molecule is C=C1CCC[C@]2(C)C[C@@]3([C@@]45C[C@@]6(C)CCCC(=C)[C@H]6CC4=C(C)C(=O)O5)OC(=O)C(C)=C3C[C@H]12. The van der Waals surface area contributed by atoms with Crippen molar-refractivity contribution >= 4 is 11.9 Å². The first-order valence-electron chi connectivity index (χ1n) is 13.2. The highest BCUT2D eigenvalue weighted by molar-refractivity contribution is 5.96. The number of rotatable bonds is 1. The van der Waals surface area contributed by atoms with Crippen molar-refractivity contribution in [1.29, 1.82) is 0 Å². The summed E-state index contributed by atoms with van der Waals surface area (Å²) in [5.41, 5.74) is 4.30. The van der Waals surface area contributed by atoms with Gasteiger partial charge < -0.3 is 9.47 Å². The van der Waals surface area contributed by atoms with E-state index in [0.717, 1.165) is 73.7 Å². The van der Waals surface area contributed by atoms with Gasteiger partial charge in [-0.3, -0.25) is 0 Å². The molecule has 34 heavy (non-hydrogen) atoms. The monoisotopic (exact) mass is 462 g/mol. The van der Waals surface area contributed by atoms with Crippen molar-refractivity contribution in [2.75, 3.05) is 0 Å². The van der Waals surface area contributed by atoms with Gasteiger partial charge in [-0.25, -0.2) is 9.59 Å². The minimum absolute atomic E-state index is 0.0274. The second-order valence-electron chi connectivity index (χ2n) is 12.8. The molecule has 182 valence electrons. The van der Waals surface area contributed by atoms with Gasteiger partial charge in [0.25, 0.3) is 0 Å². The van der Waals surface area contributed by atoms with Crippen LogP contribution in [0.25, 0.3) is 0 Å². The van der Waals surface area contributed by atoms with Crippen LogP contribution in [0.1, 0.15) is 91.9 Å². The molecule has 6 aliphatic rings. The highest BCUT2D eigenvalue weighted by atomic mass is 16.6. The molecule has 4 saturated carbocycles. The first-order chi connectivity index (χ1) is 16.0. The van der Waals surface area contributed by atoms with Gasteiger partial charge >= 0.3 is 11.9 Å². The molecule has 0 aromatic rings. The Morgan fingerprint density at radius 2 is 1.12 bits per heavy atom. The largest absolute Gasteiger partial charge is 0.446 e. The number of carbonyl (C=O) groups excluding carboxylic acids is 2. The molecular weight excluding hydrogens is 424 g/mol. The van der Waals surface area contributed by atoms with Crippen LogP contribution in [0.15, 0.2) is 46.6 Å². The van der Waals surface area contributed by atoms with Crippen LogP contribution in [0.3, 0.4) is 0 Å². The van der Waals surface area contributed by atoms with E-state index in [1.807, 2.05) is 13.8 Å². The number of hydrogen-bond donors (Lipinski definition) is 0. The number of carbonyl (C=O) groups is 2. The number of allylic oxidation sites excluding steroid dienone is 2. The molecule has 0 bridgehead atoms. The molecule has 6 rings (SSSR count). The Morgan fingerprint density at radius 3 is 1.50 bits per heavy atom. The number of ether oxygens (including phenoxy) is 2. The molecule has 0 saturated heterocycles. The molecule has 0 unspecified atom stereocenters. The van der Waals surface area contributed by atoms with E-state index >= 15 is 0 Å². The number of esters is 2. The molecule has 0 spiro atoms. The molecule has 4 heteroatoms. The zero-order valence-electron chi connectivity index (χ0n) is 21.3. The molecule has 6 atom stereocenters. The molecule has 0 radical (unpaired) electrons. The van der Waals surface area contributed by atoms with E-state index in [1.165, 1.54) is 11.1 Å². The Hall–Kier alpha value is -2.10. The smallest absolute Gasteiger partial charge is 0.334 e. The van der Waals surface area contributed by atoms with Gasteiger partial charge in [-0.1, -0.05) is 38.2 Å². The molecule has 0 amide bonds. The minimum atomic E-state index is -0.910. The van der Waals surface area contributed by atoms with E-state index in [9.17, 15) is 9.59 Å².